The Labute approximate surface area is 157 Å². The van der Waals surface area contributed by atoms with Gasteiger partial charge in [-0.15, -0.1) is 0 Å². The summed E-state index contributed by atoms with van der Waals surface area (Å²) in [5.41, 5.74) is 1.90. The second kappa shape index (κ2) is 7.95. The fraction of sp³-hybridized carbons (Fsp3) is 0.238. The molecule has 0 saturated heterocycles. The molecule has 6 nitrogen and oxygen atoms in total. The molecule has 27 heavy (non-hydrogen) atoms. The van der Waals surface area contributed by atoms with E-state index < -0.39 is 5.97 Å². The summed E-state index contributed by atoms with van der Waals surface area (Å²) in [6.07, 6.45) is 0.709. The van der Waals surface area contributed by atoms with Gasteiger partial charge in [0.05, 0.1) is 24.8 Å². The largest absolute Gasteiger partial charge is 0.493 e. The molecule has 0 aliphatic heterocycles. The molecule has 1 aromatic heterocycles. The zero-order valence-corrected chi connectivity index (χ0v) is 15.5. The van der Waals surface area contributed by atoms with Crippen LogP contribution in [0, 0.1) is 0 Å². The SMILES string of the molecule is CCOC(=O)c1cccc(NC(=O)c2ccc(OC)c3oc(CC)cc23)c1. The first-order valence-electron chi connectivity index (χ1n) is 8.75. The van der Waals surface area contributed by atoms with Crippen molar-refractivity contribution in [3.05, 3.63) is 59.4 Å². The highest BCUT2D eigenvalue weighted by Gasteiger charge is 2.18. The van der Waals surface area contributed by atoms with Crippen LogP contribution in [0.15, 0.2) is 46.9 Å². The number of methoxy groups -OCH3 is 1. The summed E-state index contributed by atoms with van der Waals surface area (Å²) in [4.78, 5) is 24.7. The van der Waals surface area contributed by atoms with E-state index in [1.54, 1.807) is 50.4 Å². The Kier molecular flexibility index (Phi) is 5.45. The molecular weight excluding hydrogens is 346 g/mol. The van der Waals surface area contributed by atoms with Crippen molar-refractivity contribution in [2.45, 2.75) is 20.3 Å². The van der Waals surface area contributed by atoms with E-state index >= 15 is 0 Å². The average molecular weight is 367 g/mol. The van der Waals surface area contributed by atoms with Gasteiger partial charge in [-0.05, 0) is 43.3 Å². The van der Waals surface area contributed by atoms with E-state index in [2.05, 4.69) is 5.32 Å². The van der Waals surface area contributed by atoms with Crippen molar-refractivity contribution in [2.24, 2.45) is 0 Å². The molecule has 0 aliphatic rings. The van der Waals surface area contributed by atoms with Crippen molar-refractivity contribution in [3.63, 3.8) is 0 Å². The molecule has 1 heterocycles. The van der Waals surface area contributed by atoms with Gasteiger partial charge in [0.25, 0.3) is 5.91 Å². The molecule has 0 aliphatic carbocycles. The van der Waals surface area contributed by atoms with Gasteiger partial charge < -0.3 is 19.2 Å². The van der Waals surface area contributed by atoms with Gasteiger partial charge >= 0.3 is 5.97 Å². The minimum absolute atomic E-state index is 0.291. The summed E-state index contributed by atoms with van der Waals surface area (Å²) in [6, 6.07) is 11.9. The molecule has 0 radical (unpaired) electrons. The predicted octanol–water partition coefficient (Wildman–Crippen LogP) is 4.43. The van der Waals surface area contributed by atoms with Crippen LogP contribution < -0.4 is 10.1 Å². The molecule has 0 bridgehead atoms. The predicted molar refractivity (Wildman–Crippen MR) is 102 cm³/mol. The Morgan fingerprint density at radius 2 is 1.93 bits per heavy atom. The van der Waals surface area contributed by atoms with Crippen LogP contribution in [-0.2, 0) is 11.2 Å². The first-order valence-corrected chi connectivity index (χ1v) is 8.75. The first-order chi connectivity index (χ1) is 13.1. The van der Waals surface area contributed by atoms with Crippen LogP contribution in [-0.4, -0.2) is 25.6 Å². The van der Waals surface area contributed by atoms with Crippen LogP contribution >= 0.6 is 0 Å². The lowest BCUT2D eigenvalue weighted by atomic mass is 10.1. The Bertz CT molecular complexity index is 989. The number of hydrogen-bond acceptors (Lipinski definition) is 5. The highest BCUT2D eigenvalue weighted by atomic mass is 16.5. The van der Waals surface area contributed by atoms with E-state index in [9.17, 15) is 9.59 Å². The van der Waals surface area contributed by atoms with Gasteiger partial charge in [-0.3, -0.25) is 4.79 Å². The number of ether oxygens (including phenoxy) is 2. The molecule has 1 N–H and O–H groups in total. The second-order valence-corrected chi connectivity index (χ2v) is 5.88. The first kappa shape index (κ1) is 18.5. The van der Waals surface area contributed by atoms with Crippen LogP contribution in [0.2, 0.25) is 0 Å². The summed E-state index contributed by atoms with van der Waals surface area (Å²) >= 11 is 0. The number of esters is 1. The quantitative estimate of drug-likeness (QED) is 0.652. The molecule has 3 rings (SSSR count). The summed E-state index contributed by atoms with van der Waals surface area (Å²) in [7, 11) is 1.56. The van der Waals surface area contributed by atoms with Crippen molar-refractivity contribution in [2.75, 3.05) is 19.0 Å². The monoisotopic (exact) mass is 367 g/mol. The second-order valence-electron chi connectivity index (χ2n) is 5.88. The van der Waals surface area contributed by atoms with Gasteiger partial charge in [0.1, 0.15) is 5.76 Å². The lowest BCUT2D eigenvalue weighted by molar-refractivity contribution is 0.0526. The number of rotatable bonds is 6. The topological polar surface area (TPSA) is 77.8 Å². The Balaban J connectivity index is 1.92. The number of furan rings is 1. The number of carbonyl (C=O) groups is 2. The van der Waals surface area contributed by atoms with E-state index in [0.29, 0.717) is 46.6 Å². The number of carbonyl (C=O) groups excluding carboxylic acids is 2. The molecular formula is C21H21NO5. The van der Waals surface area contributed by atoms with Crippen molar-refractivity contribution in [1.82, 2.24) is 0 Å². The zero-order chi connectivity index (χ0) is 19.4. The molecule has 3 aromatic rings. The Morgan fingerprint density at radius 3 is 2.63 bits per heavy atom. The summed E-state index contributed by atoms with van der Waals surface area (Å²) in [5.74, 6) is 0.619. The molecule has 0 unspecified atom stereocenters. The minimum Gasteiger partial charge on any atom is -0.493 e. The zero-order valence-electron chi connectivity index (χ0n) is 15.5. The Hall–Kier alpha value is -3.28. The van der Waals surface area contributed by atoms with Crippen LogP contribution in [0.4, 0.5) is 5.69 Å². The van der Waals surface area contributed by atoms with E-state index in [-0.39, 0.29) is 5.91 Å². The van der Waals surface area contributed by atoms with E-state index in [0.717, 1.165) is 5.76 Å². The molecule has 0 saturated carbocycles. The fourth-order valence-electron chi connectivity index (χ4n) is 2.82. The van der Waals surface area contributed by atoms with Crippen molar-refractivity contribution in [3.8, 4) is 5.75 Å². The van der Waals surface area contributed by atoms with E-state index in [1.165, 1.54) is 0 Å². The lowest BCUT2D eigenvalue weighted by Crippen LogP contribution is -2.13. The van der Waals surface area contributed by atoms with Crippen molar-refractivity contribution < 1.29 is 23.5 Å². The standard InChI is InChI=1S/C21H21NO5/c1-4-15-12-17-16(9-10-18(25-3)19(17)27-15)20(23)22-14-8-6-7-13(11-14)21(24)26-5-2/h6-12H,4-5H2,1-3H3,(H,22,23). The molecule has 6 heteroatoms. The van der Waals surface area contributed by atoms with Crippen LogP contribution in [0.1, 0.15) is 40.3 Å². The average Bonchev–Trinajstić information content (AvgIpc) is 3.12. The molecule has 0 atom stereocenters. The number of benzene rings is 2. The third-order valence-electron chi connectivity index (χ3n) is 4.14. The molecule has 0 spiro atoms. The van der Waals surface area contributed by atoms with E-state index in [4.69, 9.17) is 13.9 Å². The third kappa shape index (κ3) is 3.79. The van der Waals surface area contributed by atoms with Gasteiger partial charge in [0.2, 0.25) is 0 Å². The summed E-state index contributed by atoms with van der Waals surface area (Å²) < 4.78 is 16.1. The number of anilines is 1. The van der Waals surface area contributed by atoms with Gasteiger partial charge in [-0.25, -0.2) is 4.79 Å². The number of nitrogens with one attached hydrogen (secondary N) is 1. The Morgan fingerprint density at radius 1 is 1.11 bits per heavy atom. The number of aryl methyl sites for hydroxylation is 1. The molecule has 140 valence electrons. The minimum atomic E-state index is -0.428. The highest BCUT2D eigenvalue weighted by molar-refractivity contribution is 6.13. The van der Waals surface area contributed by atoms with E-state index in [1.807, 2.05) is 13.0 Å². The summed E-state index contributed by atoms with van der Waals surface area (Å²) in [6.45, 7) is 4.01. The lowest BCUT2D eigenvalue weighted by Gasteiger charge is -2.09. The smallest absolute Gasteiger partial charge is 0.338 e. The number of hydrogen-bond donors (Lipinski definition) is 1. The third-order valence-corrected chi connectivity index (χ3v) is 4.14. The summed E-state index contributed by atoms with van der Waals surface area (Å²) in [5, 5.41) is 3.51. The number of fused-ring (bicyclic) bond motifs is 1. The molecule has 0 fully saturated rings. The van der Waals surface area contributed by atoms with Crippen LogP contribution in [0.25, 0.3) is 11.0 Å². The van der Waals surface area contributed by atoms with Crippen molar-refractivity contribution in [1.29, 1.82) is 0 Å². The number of amides is 1. The maximum absolute atomic E-state index is 12.8. The molecule has 1 amide bonds. The van der Waals surface area contributed by atoms with Crippen molar-refractivity contribution >= 4 is 28.5 Å². The van der Waals surface area contributed by atoms with Crippen LogP contribution in [0.3, 0.4) is 0 Å². The van der Waals surface area contributed by atoms with Gasteiger partial charge in [0, 0.05) is 17.5 Å². The normalized spacial score (nSPS) is 10.6. The highest BCUT2D eigenvalue weighted by Crippen LogP contribution is 2.32. The fourth-order valence-corrected chi connectivity index (χ4v) is 2.82. The molecule has 2 aromatic carbocycles. The van der Waals surface area contributed by atoms with Gasteiger partial charge in [0.15, 0.2) is 11.3 Å². The van der Waals surface area contributed by atoms with Crippen LogP contribution in [0.5, 0.6) is 5.75 Å². The maximum atomic E-state index is 12.8. The van der Waals surface area contributed by atoms with Gasteiger partial charge in [-0.2, -0.15) is 0 Å². The van der Waals surface area contributed by atoms with Gasteiger partial charge in [-0.1, -0.05) is 13.0 Å². The maximum Gasteiger partial charge on any atom is 0.338 e.